The van der Waals surface area contributed by atoms with Crippen molar-refractivity contribution < 1.29 is 9.53 Å². The zero-order valence-corrected chi connectivity index (χ0v) is 15.9. The molecule has 0 aliphatic heterocycles. The van der Waals surface area contributed by atoms with Gasteiger partial charge in [0.1, 0.15) is 11.6 Å². The predicted octanol–water partition coefficient (Wildman–Crippen LogP) is 5.01. The molecular formula is C21H16BrN3O2. The van der Waals surface area contributed by atoms with Crippen molar-refractivity contribution in [2.45, 2.75) is 0 Å². The van der Waals surface area contributed by atoms with E-state index in [0.717, 1.165) is 26.9 Å². The summed E-state index contributed by atoms with van der Waals surface area (Å²) in [6.45, 7) is -0.0590. The Bertz CT molecular complexity index is 1060. The fourth-order valence-corrected chi connectivity index (χ4v) is 2.97. The van der Waals surface area contributed by atoms with Crippen molar-refractivity contribution in [2.75, 3.05) is 11.9 Å². The number of amides is 1. The largest absolute Gasteiger partial charge is 0.484 e. The number of rotatable bonds is 5. The third kappa shape index (κ3) is 4.17. The van der Waals surface area contributed by atoms with E-state index in [2.05, 4.69) is 31.2 Å². The summed E-state index contributed by atoms with van der Waals surface area (Å²) in [6.07, 6.45) is 0. The van der Waals surface area contributed by atoms with Crippen LogP contribution in [0.15, 0.2) is 77.3 Å². The fraction of sp³-hybridized carbons (Fsp3) is 0.0476. The Kier molecular flexibility index (Phi) is 4.89. The first-order valence-corrected chi connectivity index (χ1v) is 9.20. The summed E-state index contributed by atoms with van der Waals surface area (Å²) in [5.74, 6) is 1.18. The van der Waals surface area contributed by atoms with Crippen LogP contribution < -0.4 is 10.1 Å². The Morgan fingerprint density at radius 3 is 2.67 bits per heavy atom. The molecule has 0 spiro atoms. The summed E-state index contributed by atoms with van der Waals surface area (Å²) in [5, 5.41) is 2.85. The Morgan fingerprint density at radius 2 is 1.85 bits per heavy atom. The number of fused-ring (bicyclic) bond motifs is 1. The lowest BCUT2D eigenvalue weighted by atomic mass is 10.2. The van der Waals surface area contributed by atoms with Gasteiger partial charge in [0.2, 0.25) is 0 Å². The number of H-pyrrole nitrogens is 1. The maximum Gasteiger partial charge on any atom is 0.262 e. The number of halogens is 1. The van der Waals surface area contributed by atoms with Crippen molar-refractivity contribution >= 4 is 38.6 Å². The number of ether oxygens (including phenoxy) is 1. The van der Waals surface area contributed by atoms with Crippen molar-refractivity contribution in [3.05, 3.63) is 77.3 Å². The summed E-state index contributed by atoms with van der Waals surface area (Å²) < 4.78 is 6.46. The van der Waals surface area contributed by atoms with Crippen LogP contribution in [0, 0.1) is 0 Å². The third-order valence-electron chi connectivity index (χ3n) is 3.99. The van der Waals surface area contributed by atoms with Gasteiger partial charge in [0.05, 0.1) is 11.0 Å². The number of hydrogen-bond donors (Lipinski definition) is 2. The van der Waals surface area contributed by atoms with Crippen molar-refractivity contribution in [3.8, 4) is 17.1 Å². The van der Waals surface area contributed by atoms with Crippen molar-refractivity contribution in [2.24, 2.45) is 0 Å². The monoisotopic (exact) mass is 421 g/mol. The summed E-state index contributed by atoms with van der Waals surface area (Å²) in [5.41, 5.74) is 3.48. The van der Waals surface area contributed by atoms with Crippen LogP contribution in [-0.4, -0.2) is 22.5 Å². The molecule has 0 unspecified atom stereocenters. The maximum atomic E-state index is 12.2. The normalized spacial score (nSPS) is 10.7. The molecule has 2 N–H and O–H groups in total. The second-order valence-corrected chi connectivity index (χ2v) is 6.89. The highest BCUT2D eigenvalue weighted by molar-refractivity contribution is 9.10. The van der Waals surface area contributed by atoms with E-state index in [1.54, 1.807) is 12.1 Å². The molecule has 0 bridgehead atoms. The number of carbonyl (C=O) groups is 1. The Hall–Kier alpha value is -3.12. The van der Waals surface area contributed by atoms with Crippen LogP contribution in [0.3, 0.4) is 0 Å². The number of nitrogens with zero attached hydrogens (tertiary/aromatic N) is 1. The second kappa shape index (κ2) is 7.63. The van der Waals surface area contributed by atoms with Crippen molar-refractivity contribution in [1.29, 1.82) is 0 Å². The van der Waals surface area contributed by atoms with Gasteiger partial charge in [-0.15, -0.1) is 0 Å². The molecular weight excluding hydrogens is 406 g/mol. The summed E-state index contributed by atoms with van der Waals surface area (Å²) in [7, 11) is 0. The molecule has 5 nitrogen and oxygen atoms in total. The van der Waals surface area contributed by atoms with E-state index in [9.17, 15) is 4.79 Å². The van der Waals surface area contributed by atoms with E-state index in [-0.39, 0.29) is 12.5 Å². The van der Waals surface area contributed by atoms with Crippen LogP contribution in [-0.2, 0) is 4.79 Å². The number of aromatic nitrogens is 2. The molecule has 1 amide bonds. The summed E-state index contributed by atoms with van der Waals surface area (Å²) >= 11 is 3.36. The highest BCUT2D eigenvalue weighted by atomic mass is 79.9. The van der Waals surface area contributed by atoms with Gasteiger partial charge >= 0.3 is 0 Å². The first-order chi connectivity index (χ1) is 13.2. The summed E-state index contributed by atoms with van der Waals surface area (Å²) in [4.78, 5) is 20.1. The quantitative estimate of drug-likeness (QED) is 0.475. The highest BCUT2D eigenvalue weighted by Crippen LogP contribution is 2.23. The average molecular weight is 422 g/mol. The molecule has 0 radical (unpaired) electrons. The van der Waals surface area contributed by atoms with Crippen LogP contribution in [0.5, 0.6) is 5.75 Å². The molecule has 6 heteroatoms. The SMILES string of the molecule is O=C(COc1ccc(Br)cc1)Nc1cccc(-c2nc3ccccc3[nH]2)c1. The number of anilines is 1. The van der Waals surface area contributed by atoms with Crippen LogP contribution in [0.4, 0.5) is 5.69 Å². The molecule has 0 aliphatic carbocycles. The van der Waals surface area contributed by atoms with E-state index < -0.39 is 0 Å². The minimum Gasteiger partial charge on any atom is -0.484 e. The van der Waals surface area contributed by atoms with Gasteiger partial charge in [-0.3, -0.25) is 4.79 Å². The number of benzene rings is 3. The van der Waals surface area contributed by atoms with Crippen LogP contribution in [0.1, 0.15) is 0 Å². The third-order valence-corrected chi connectivity index (χ3v) is 4.52. The smallest absolute Gasteiger partial charge is 0.262 e. The number of hydrogen-bond acceptors (Lipinski definition) is 3. The number of nitrogens with one attached hydrogen (secondary N) is 2. The van der Waals surface area contributed by atoms with Gasteiger partial charge < -0.3 is 15.0 Å². The lowest BCUT2D eigenvalue weighted by molar-refractivity contribution is -0.118. The first-order valence-electron chi connectivity index (χ1n) is 8.41. The van der Waals surface area contributed by atoms with Gasteiger partial charge in [0.25, 0.3) is 5.91 Å². The Morgan fingerprint density at radius 1 is 1.04 bits per heavy atom. The van der Waals surface area contributed by atoms with Crippen LogP contribution >= 0.6 is 15.9 Å². The van der Waals surface area contributed by atoms with Gasteiger partial charge in [-0.25, -0.2) is 4.98 Å². The second-order valence-electron chi connectivity index (χ2n) is 5.97. The zero-order valence-electron chi connectivity index (χ0n) is 14.3. The number of aromatic amines is 1. The number of imidazole rings is 1. The van der Waals surface area contributed by atoms with E-state index in [4.69, 9.17) is 4.74 Å². The Labute approximate surface area is 164 Å². The molecule has 0 aliphatic rings. The molecule has 0 fully saturated rings. The predicted molar refractivity (Wildman–Crippen MR) is 110 cm³/mol. The molecule has 27 heavy (non-hydrogen) atoms. The zero-order chi connectivity index (χ0) is 18.6. The minimum absolute atomic E-state index is 0.0590. The molecule has 1 aromatic heterocycles. The molecule has 4 aromatic rings. The topological polar surface area (TPSA) is 67.0 Å². The maximum absolute atomic E-state index is 12.2. The van der Waals surface area contributed by atoms with Gasteiger partial charge in [0, 0.05) is 15.7 Å². The molecule has 0 saturated heterocycles. The molecule has 4 rings (SSSR count). The van der Waals surface area contributed by atoms with E-state index in [1.165, 1.54) is 0 Å². The summed E-state index contributed by atoms with van der Waals surface area (Å²) in [6, 6.07) is 22.8. The first kappa shape index (κ1) is 17.3. The minimum atomic E-state index is -0.223. The van der Waals surface area contributed by atoms with Crippen molar-refractivity contribution in [3.63, 3.8) is 0 Å². The van der Waals surface area contributed by atoms with Gasteiger partial charge in [-0.1, -0.05) is 40.2 Å². The van der Waals surface area contributed by atoms with Crippen molar-refractivity contribution in [1.82, 2.24) is 9.97 Å². The Balaban J connectivity index is 1.44. The number of carbonyl (C=O) groups excluding carboxylic acids is 1. The van der Waals surface area contributed by atoms with Crippen LogP contribution in [0.25, 0.3) is 22.4 Å². The van der Waals surface area contributed by atoms with Crippen LogP contribution in [0.2, 0.25) is 0 Å². The molecule has 3 aromatic carbocycles. The van der Waals surface area contributed by atoms with Gasteiger partial charge in [0.15, 0.2) is 6.61 Å². The van der Waals surface area contributed by atoms with E-state index >= 15 is 0 Å². The molecule has 134 valence electrons. The molecule has 0 saturated carbocycles. The van der Waals surface area contributed by atoms with E-state index in [0.29, 0.717) is 11.4 Å². The standard InChI is InChI=1S/C21H16BrN3O2/c22-15-8-10-17(11-9-15)27-13-20(26)23-16-5-3-4-14(12-16)21-24-18-6-1-2-7-19(18)25-21/h1-12H,13H2,(H,23,26)(H,24,25). The lowest BCUT2D eigenvalue weighted by Crippen LogP contribution is -2.20. The highest BCUT2D eigenvalue weighted by Gasteiger charge is 2.08. The average Bonchev–Trinajstić information content (AvgIpc) is 3.12. The fourth-order valence-electron chi connectivity index (χ4n) is 2.71. The lowest BCUT2D eigenvalue weighted by Gasteiger charge is -2.08. The van der Waals surface area contributed by atoms with Gasteiger partial charge in [-0.05, 0) is 48.5 Å². The molecule has 0 atom stereocenters. The molecule has 1 heterocycles. The van der Waals surface area contributed by atoms with E-state index in [1.807, 2.05) is 60.7 Å². The van der Waals surface area contributed by atoms with Gasteiger partial charge in [-0.2, -0.15) is 0 Å². The number of para-hydroxylation sites is 2.